The number of nitrogens with two attached hydrogens (primary N) is 1. The summed E-state index contributed by atoms with van der Waals surface area (Å²) >= 11 is 6.58. The minimum Gasteiger partial charge on any atom is -0.484 e. The van der Waals surface area contributed by atoms with Crippen LogP contribution in [-0.2, 0) is 29.9 Å². The number of benzene rings is 2. The highest BCUT2D eigenvalue weighted by Gasteiger charge is 2.72. The lowest BCUT2D eigenvalue weighted by molar-refractivity contribution is -0.326. The lowest BCUT2D eigenvalue weighted by atomic mass is 9.39. The van der Waals surface area contributed by atoms with Crippen molar-refractivity contribution in [3.05, 3.63) is 69.3 Å². The molecule has 0 unspecified atom stereocenters. The van der Waals surface area contributed by atoms with Gasteiger partial charge in [-0.05, 0) is 87.1 Å². The van der Waals surface area contributed by atoms with Crippen LogP contribution >= 0.6 is 31.9 Å². The van der Waals surface area contributed by atoms with Crippen molar-refractivity contribution in [1.29, 1.82) is 0 Å². The number of hydrogen-bond acceptors (Lipinski definition) is 15. The van der Waals surface area contributed by atoms with Crippen LogP contribution in [0.25, 0.3) is 0 Å². The summed E-state index contributed by atoms with van der Waals surface area (Å²) in [4.78, 5) is 22.3. The van der Waals surface area contributed by atoms with Crippen LogP contribution in [0.3, 0.4) is 0 Å². The number of carboxylic acid groups (broad SMARTS) is 1. The molecular weight excluding hydrogens is 966 g/mol. The fourth-order valence-corrected chi connectivity index (χ4v) is 7.99. The van der Waals surface area contributed by atoms with Crippen LogP contribution in [0.2, 0.25) is 0 Å². The zero-order valence-electron chi connectivity index (χ0n) is 31.5. The molecule has 0 saturated heterocycles. The number of amides is 1. The van der Waals surface area contributed by atoms with Gasteiger partial charge in [-0.1, -0.05) is 42.1 Å². The minimum absolute atomic E-state index is 0.0873. The van der Waals surface area contributed by atoms with E-state index in [0.717, 1.165) is 28.2 Å². The van der Waals surface area contributed by atoms with E-state index in [1.54, 1.807) is 36.4 Å². The summed E-state index contributed by atoms with van der Waals surface area (Å²) < 4.78 is 111. The highest BCUT2D eigenvalue weighted by molar-refractivity contribution is 9.10. The van der Waals surface area contributed by atoms with Gasteiger partial charge in [0.1, 0.15) is 24.7 Å². The van der Waals surface area contributed by atoms with Crippen LogP contribution in [0.4, 0.5) is 26.3 Å². The number of nitrogens with zero attached hydrogens (tertiary/aromatic N) is 4. The molecule has 0 aliphatic heterocycles. The van der Waals surface area contributed by atoms with Crippen molar-refractivity contribution in [2.75, 3.05) is 39.6 Å². The zero-order valence-corrected chi connectivity index (χ0v) is 34.7. The lowest BCUT2D eigenvalue weighted by Crippen LogP contribution is -2.77. The number of nitrogens with one attached hydrogen (secondary N) is 1. The highest BCUT2D eigenvalue weighted by atomic mass is 79.9. The van der Waals surface area contributed by atoms with Gasteiger partial charge in [0.05, 0.1) is 24.0 Å². The van der Waals surface area contributed by atoms with Gasteiger partial charge in [-0.25, -0.2) is 4.79 Å². The largest absolute Gasteiger partial charge is 0.522 e. The molecule has 6 aliphatic rings. The standard InChI is InChI=1S/C18H17BrF3N3O5.C10H12F3N3O3.C8H7BrO3/c19-11-1-3-12(4-2-11)28-7-13(26)23-17-8-16(9-17,10-17)14-24-25-15(30-14)27-5-6-29-18(20,21)22;11-10(12,13)18-2-1-17-7-16-15-6(19-7)8-3-9(14,4-8)5-8;9-6-1-3-7(4-2-6)12-5-8(10)11/h1-4H,5-10H2,(H,23,26);1-5,14H2;1-4H,5H2,(H,10,11). The first-order valence-electron chi connectivity index (χ1n) is 18.1. The van der Waals surface area contributed by atoms with E-state index in [-0.39, 0.29) is 66.4 Å². The average molecular weight is 1000 g/mol. The molecular formula is C36H36Br2F6N6O11. The van der Waals surface area contributed by atoms with Crippen LogP contribution < -0.4 is 30.0 Å². The van der Waals surface area contributed by atoms with Crippen molar-refractivity contribution in [3.63, 3.8) is 0 Å². The number of carbonyl (C=O) groups excluding carboxylic acids is 1. The van der Waals surface area contributed by atoms with Crippen LogP contribution in [0, 0.1) is 0 Å². The molecule has 0 spiro atoms. The van der Waals surface area contributed by atoms with Gasteiger partial charge >= 0.3 is 30.8 Å². The second-order valence-electron chi connectivity index (χ2n) is 14.7. The van der Waals surface area contributed by atoms with Crippen LogP contribution in [0.5, 0.6) is 23.7 Å². The predicted molar refractivity (Wildman–Crippen MR) is 199 cm³/mol. The molecule has 6 saturated carbocycles. The SMILES string of the molecule is NC12CC(c3nnc(OCCOC(F)(F)F)o3)(C1)C2.O=C(COc1ccc(Br)cc1)NC12CC(c3nnc(OCCOC(F)(F)F)o3)(C1)C2.O=C(O)COc1ccc(Br)cc1. The monoisotopic (exact) mass is 1000 g/mol. The molecule has 1 amide bonds. The number of rotatable bonds is 17. The number of halogens is 8. The molecule has 2 heterocycles. The zero-order chi connectivity index (χ0) is 44.1. The molecule has 2 aromatic carbocycles. The first-order valence-corrected chi connectivity index (χ1v) is 19.7. The van der Waals surface area contributed by atoms with E-state index in [1.807, 2.05) is 12.1 Å². The number of ether oxygens (including phenoxy) is 6. The summed E-state index contributed by atoms with van der Waals surface area (Å²) in [6.07, 6.45) is -5.38. The minimum atomic E-state index is -4.71. The van der Waals surface area contributed by atoms with Gasteiger partial charge in [-0.3, -0.25) is 14.3 Å². The van der Waals surface area contributed by atoms with Gasteiger partial charge in [0.2, 0.25) is 11.8 Å². The van der Waals surface area contributed by atoms with Crippen LogP contribution in [0.1, 0.15) is 50.3 Å². The molecule has 332 valence electrons. The quantitative estimate of drug-likeness (QED) is 0.0797. The van der Waals surface area contributed by atoms with Gasteiger partial charge in [0.15, 0.2) is 13.2 Å². The van der Waals surface area contributed by atoms with Crippen molar-refractivity contribution in [3.8, 4) is 23.7 Å². The number of hydrogen-bond donors (Lipinski definition) is 3. The van der Waals surface area contributed by atoms with Crippen molar-refractivity contribution in [2.45, 2.75) is 73.2 Å². The Hall–Kier alpha value is -4.72. The third-order valence-electron chi connectivity index (χ3n) is 9.74. The van der Waals surface area contributed by atoms with Crippen LogP contribution in [-0.4, -0.2) is 101 Å². The number of carbonyl (C=O) groups is 2. The lowest BCUT2D eigenvalue weighted by Gasteiger charge is -2.68. The molecule has 0 radical (unpaired) electrons. The Balaban J connectivity index is 0.000000171. The third kappa shape index (κ3) is 12.4. The van der Waals surface area contributed by atoms with Gasteiger partial charge in [-0.2, -0.15) is 0 Å². The summed E-state index contributed by atoms with van der Waals surface area (Å²) in [7, 11) is 0. The topological polar surface area (TPSA) is 226 Å². The maximum atomic E-state index is 12.2. The van der Waals surface area contributed by atoms with E-state index >= 15 is 0 Å². The van der Waals surface area contributed by atoms with Crippen molar-refractivity contribution < 1.29 is 78.3 Å². The molecule has 2 aromatic heterocycles. The molecule has 6 fully saturated rings. The predicted octanol–water partition coefficient (Wildman–Crippen LogP) is 6.15. The number of aliphatic carboxylic acids is 1. The first-order chi connectivity index (χ1) is 28.7. The van der Waals surface area contributed by atoms with E-state index in [1.165, 1.54) is 0 Å². The number of aromatic nitrogens is 4. The normalized spacial score (nSPS) is 24.1. The van der Waals surface area contributed by atoms with Gasteiger partial charge in [-0.15, -0.1) is 36.5 Å². The van der Waals surface area contributed by atoms with Gasteiger partial charge in [0, 0.05) is 20.0 Å². The average Bonchev–Trinajstić information content (AvgIpc) is 3.81. The highest BCUT2D eigenvalue weighted by Crippen LogP contribution is 2.68. The first kappa shape index (κ1) is 45.8. The summed E-state index contributed by atoms with van der Waals surface area (Å²) in [5, 5.41) is 26.4. The fraction of sp³-hybridized carbons (Fsp3) is 0.500. The Morgan fingerprint density at radius 1 is 0.656 bits per heavy atom. The van der Waals surface area contributed by atoms with E-state index < -0.39 is 31.9 Å². The summed E-state index contributed by atoms with van der Waals surface area (Å²) in [5.74, 6) is 0.772. The van der Waals surface area contributed by atoms with E-state index in [2.05, 4.69) is 67.0 Å². The molecule has 4 aromatic rings. The Morgan fingerprint density at radius 2 is 1.07 bits per heavy atom. The fourth-order valence-electron chi connectivity index (χ4n) is 7.47. The van der Waals surface area contributed by atoms with E-state index in [0.29, 0.717) is 42.5 Å². The third-order valence-corrected chi connectivity index (χ3v) is 10.8. The van der Waals surface area contributed by atoms with Crippen molar-refractivity contribution in [1.82, 2.24) is 25.7 Å². The molecule has 6 aliphatic carbocycles. The summed E-state index contributed by atoms with van der Waals surface area (Å²) in [6, 6.07) is 14.2. The second kappa shape index (κ2) is 18.3. The Morgan fingerprint density at radius 3 is 1.46 bits per heavy atom. The Kier molecular flexibility index (Phi) is 13.8. The molecule has 10 rings (SSSR count). The van der Waals surface area contributed by atoms with Gasteiger partial charge in [0.25, 0.3) is 5.91 Å². The molecule has 61 heavy (non-hydrogen) atoms. The van der Waals surface area contributed by atoms with Crippen molar-refractivity contribution >= 4 is 43.7 Å². The van der Waals surface area contributed by atoms with Gasteiger partial charge < -0.3 is 43.9 Å². The summed E-state index contributed by atoms with van der Waals surface area (Å²) in [5.41, 5.74) is 5.06. The Bertz CT molecular complexity index is 2080. The smallest absolute Gasteiger partial charge is 0.484 e. The van der Waals surface area contributed by atoms with E-state index in [9.17, 15) is 35.9 Å². The summed E-state index contributed by atoms with van der Waals surface area (Å²) in [6.45, 7) is -2.37. The van der Waals surface area contributed by atoms with E-state index in [4.69, 9.17) is 38.6 Å². The molecule has 4 bridgehead atoms. The van der Waals surface area contributed by atoms with Crippen LogP contribution in [0.15, 0.2) is 66.3 Å². The number of carboxylic acids is 1. The second-order valence-corrected chi connectivity index (χ2v) is 16.6. The molecule has 0 atom stereocenters. The molecule has 4 N–H and O–H groups in total. The molecule has 25 heteroatoms. The molecule has 17 nitrogen and oxygen atoms in total. The van der Waals surface area contributed by atoms with Crippen molar-refractivity contribution in [2.24, 2.45) is 5.73 Å². The maximum Gasteiger partial charge on any atom is 0.522 e. The Labute approximate surface area is 358 Å². The number of alkyl halides is 6. The maximum absolute atomic E-state index is 12.2.